The van der Waals surface area contributed by atoms with Gasteiger partial charge in [0.25, 0.3) is 8.32 Å². The molecule has 5 aromatic carbocycles. The van der Waals surface area contributed by atoms with E-state index in [4.69, 9.17) is 4.43 Å². The van der Waals surface area contributed by atoms with Crippen LogP contribution in [-0.2, 0) is 16.6 Å². The number of likely N-dealkylation sites (tertiary alicyclic amines) is 1. The Labute approximate surface area is 270 Å². The molecular formula is C41H45NO2Si. The standard InChI is InChI=1S/C41H45NO2Si/c1-40(2,3)45(38-20-12-6-13-21-38,39-22-14-7-15-23-39)44-32-37-31-42(30-33-16-8-4-9-17-33)29-28-41(37,43)36-26-24-35(25-27-36)34-18-10-5-11-19-34/h4-27,37,43H,28-32H2,1-3H3. The lowest BCUT2D eigenvalue weighted by atomic mass is 9.76. The van der Waals surface area contributed by atoms with E-state index in [0.29, 0.717) is 13.0 Å². The van der Waals surface area contributed by atoms with Crippen molar-refractivity contribution in [3.63, 3.8) is 0 Å². The molecule has 2 atom stereocenters. The predicted octanol–water partition coefficient (Wildman–Crippen LogP) is 7.64. The van der Waals surface area contributed by atoms with Gasteiger partial charge in [-0.15, -0.1) is 0 Å². The lowest BCUT2D eigenvalue weighted by Crippen LogP contribution is -2.67. The average Bonchev–Trinajstić information content (AvgIpc) is 3.08. The lowest BCUT2D eigenvalue weighted by Gasteiger charge is -2.48. The Morgan fingerprint density at radius 2 is 1.18 bits per heavy atom. The van der Waals surface area contributed by atoms with Crippen molar-refractivity contribution < 1.29 is 9.53 Å². The second kappa shape index (κ2) is 13.3. The molecule has 1 fully saturated rings. The Hall–Kier alpha value is -3.80. The van der Waals surface area contributed by atoms with Gasteiger partial charge in [-0.25, -0.2) is 0 Å². The number of nitrogens with zero attached hydrogens (tertiary/aromatic N) is 1. The first-order valence-corrected chi connectivity index (χ1v) is 18.1. The van der Waals surface area contributed by atoms with Gasteiger partial charge in [0.15, 0.2) is 0 Å². The van der Waals surface area contributed by atoms with Crippen LogP contribution in [0, 0.1) is 5.92 Å². The second-order valence-corrected chi connectivity index (χ2v) is 17.8. The van der Waals surface area contributed by atoms with Gasteiger partial charge >= 0.3 is 0 Å². The van der Waals surface area contributed by atoms with E-state index in [1.807, 2.05) is 6.07 Å². The third-order valence-corrected chi connectivity index (χ3v) is 14.6. The third-order valence-electron chi connectivity index (χ3n) is 9.62. The zero-order valence-electron chi connectivity index (χ0n) is 26.8. The van der Waals surface area contributed by atoms with Crippen LogP contribution in [-0.4, -0.2) is 38.0 Å². The zero-order valence-corrected chi connectivity index (χ0v) is 27.8. The van der Waals surface area contributed by atoms with Crippen LogP contribution in [0.5, 0.6) is 0 Å². The van der Waals surface area contributed by atoms with Crippen molar-refractivity contribution in [3.05, 3.63) is 157 Å². The van der Waals surface area contributed by atoms with Crippen LogP contribution < -0.4 is 10.4 Å². The van der Waals surface area contributed by atoms with E-state index in [2.05, 4.69) is 165 Å². The van der Waals surface area contributed by atoms with Gasteiger partial charge in [-0.1, -0.05) is 166 Å². The molecule has 6 rings (SSSR count). The number of piperidine rings is 1. The molecule has 5 aromatic rings. The first-order chi connectivity index (χ1) is 21.8. The van der Waals surface area contributed by atoms with Gasteiger partial charge in [-0.2, -0.15) is 0 Å². The summed E-state index contributed by atoms with van der Waals surface area (Å²) in [6.45, 7) is 9.85. The Morgan fingerprint density at radius 3 is 1.71 bits per heavy atom. The Bertz CT molecular complexity index is 1600. The molecule has 1 saturated heterocycles. The fourth-order valence-electron chi connectivity index (χ4n) is 7.21. The normalized spacial score (nSPS) is 19.3. The molecule has 3 nitrogen and oxygen atoms in total. The van der Waals surface area contributed by atoms with Crippen LogP contribution >= 0.6 is 0 Å². The number of hydrogen-bond donors (Lipinski definition) is 1. The molecule has 230 valence electrons. The summed E-state index contributed by atoms with van der Waals surface area (Å²) in [5.41, 5.74) is 3.60. The first kappa shape index (κ1) is 31.2. The van der Waals surface area contributed by atoms with Crippen molar-refractivity contribution in [2.75, 3.05) is 19.7 Å². The van der Waals surface area contributed by atoms with Crippen LogP contribution in [0.1, 0.15) is 38.3 Å². The van der Waals surface area contributed by atoms with Crippen LogP contribution in [0.3, 0.4) is 0 Å². The molecular weight excluding hydrogens is 567 g/mol. The molecule has 0 aliphatic carbocycles. The van der Waals surface area contributed by atoms with Crippen LogP contribution in [0.2, 0.25) is 5.04 Å². The fourth-order valence-corrected chi connectivity index (χ4v) is 11.8. The summed E-state index contributed by atoms with van der Waals surface area (Å²) < 4.78 is 7.47. The summed E-state index contributed by atoms with van der Waals surface area (Å²) in [4.78, 5) is 2.49. The lowest BCUT2D eigenvalue weighted by molar-refractivity contribution is -0.0938. The summed E-state index contributed by atoms with van der Waals surface area (Å²) in [6.07, 6.45) is 0.652. The van der Waals surface area contributed by atoms with E-state index < -0.39 is 13.9 Å². The van der Waals surface area contributed by atoms with Gasteiger partial charge in [0.05, 0.1) is 5.60 Å². The van der Waals surface area contributed by atoms with Gasteiger partial charge < -0.3 is 9.53 Å². The van der Waals surface area contributed by atoms with Crippen LogP contribution in [0.25, 0.3) is 11.1 Å². The van der Waals surface area contributed by atoms with Crippen molar-refractivity contribution in [1.82, 2.24) is 4.90 Å². The molecule has 1 N–H and O–H groups in total. The zero-order chi connectivity index (χ0) is 31.3. The summed E-state index contributed by atoms with van der Waals surface area (Å²) in [6, 6.07) is 51.3. The summed E-state index contributed by atoms with van der Waals surface area (Å²) in [5.74, 6) is -0.112. The van der Waals surface area contributed by atoms with Gasteiger partial charge in [-0.05, 0) is 44.1 Å². The van der Waals surface area contributed by atoms with E-state index in [-0.39, 0.29) is 11.0 Å². The molecule has 0 saturated carbocycles. The SMILES string of the molecule is CC(C)(C)[Si](OCC1CN(Cc2ccccc2)CCC1(O)c1ccc(-c2ccccc2)cc1)(c1ccccc1)c1ccccc1. The smallest absolute Gasteiger partial charge is 0.261 e. The maximum absolute atomic E-state index is 12.7. The van der Waals surface area contributed by atoms with Gasteiger partial charge in [0, 0.05) is 32.2 Å². The highest BCUT2D eigenvalue weighted by Gasteiger charge is 2.52. The summed E-state index contributed by atoms with van der Waals surface area (Å²) in [5, 5.41) is 15.1. The van der Waals surface area contributed by atoms with Gasteiger partial charge in [0.1, 0.15) is 0 Å². The van der Waals surface area contributed by atoms with Crippen molar-refractivity contribution in [1.29, 1.82) is 0 Å². The van der Waals surface area contributed by atoms with E-state index >= 15 is 0 Å². The van der Waals surface area contributed by atoms with E-state index in [0.717, 1.165) is 30.8 Å². The third kappa shape index (κ3) is 6.47. The van der Waals surface area contributed by atoms with Crippen molar-refractivity contribution in [2.24, 2.45) is 5.92 Å². The largest absolute Gasteiger partial charge is 0.407 e. The molecule has 1 aliphatic heterocycles. The quantitative estimate of drug-likeness (QED) is 0.174. The Kier molecular flexibility index (Phi) is 9.20. The van der Waals surface area contributed by atoms with Gasteiger partial charge in [-0.3, -0.25) is 4.90 Å². The second-order valence-electron chi connectivity index (χ2n) is 13.5. The molecule has 4 heteroatoms. The van der Waals surface area contributed by atoms with E-state index in [1.54, 1.807) is 0 Å². The molecule has 2 unspecified atom stereocenters. The Morgan fingerprint density at radius 1 is 0.689 bits per heavy atom. The predicted molar refractivity (Wildman–Crippen MR) is 189 cm³/mol. The molecule has 0 aromatic heterocycles. The maximum atomic E-state index is 12.7. The highest BCUT2D eigenvalue weighted by Crippen LogP contribution is 2.42. The highest BCUT2D eigenvalue weighted by atomic mass is 28.4. The van der Waals surface area contributed by atoms with Crippen molar-refractivity contribution >= 4 is 18.7 Å². The molecule has 45 heavy (non-hydrogen) atoms. The number of aliphatic hydroxyl groups is 1. The van der Waals surface area contributed by atoms with Crippen molar-refractivity contribution in [2.45, 2.75) is 44.4 Å². The highest BCUT2D eigenvalue weighted by molar-refractivity contribution is 6.99. The minimum absolute atomic E-state index is 0.112. The number of benzene rings is 5. The average molecular weight is 612 g/mol. The summed E-state index contributed by atoms with van der Waals surface area (Å²) >= 11 is 0. The molecule has 0 radical (unpaired) electrons. The topological polar surface area (TPSA) is 32.7 Å². The monoisotopic (exact) mass is 611 g/mol. The number of rotatable bonds is 9. The molecule has 1 aliphatic rings. The van der Waals surface area contributed by atoms with Crippen LogP contribution in [0.4, 0.5) is 0 Å². The van der Waals surface area contributed by atoms with Crippen molar-refractivity contribution in [3.8, 4) is 11.1 Å². The number of hydrogen-bond acceptors (Lipinski definition) is 3. The molecule has 1 heterocycles. The van der Waals surface area contributed by atoms with Gasteiger partial charge in [0.2, 0.25) is 0 Å². The molecule has 0 spiro atoms. The van der Waals surface area contributed by atoms with Crippen LogP contribution in [0.15, 0.2) is 146 Å². The first-order valence-electron chi connectivity index (χ1n) is 16.2. The minimum Gasteiger partial charge on any atom is -0.407 e. The Balaban J connectivity index is 1.37. The fraction of sp³-hybridized carbons (Fsp3) is 0.268. The molecule has 0 bridgehead atoms. The minimum atomic E-state index is -2.78. The van der Waals surface area contributed by atoms with E-state index in [1.165, 1.54) is 21.5 Å². The molecule has 0 amide bonds. The summed E-state index contributed by atoms with van der Waals surface area (Å²) in [7, 11) is -2.78. The van der Waals surface area contributed by atoms with E-state index in [9.17, 15) is 5.11 Å². The maximum Gasteiger partial charge on any atom is 0.261 e.